The Bertz CT molecular complexity index is 1040. The van der Waals surface area contributed by atoms with E-state index in [2.05, 4.69) is 28.1 Å². The highest BCUT2D eigenvalue weighted by molar-refractivity contribution is 8.00. The number of aromatic hydroxyl groups is 1. The number of carbonyl (C=O) groups excluding carboxylic acids is 2. The fourth-order valence-corrected chi connectivity index (χ4v) is 7.51. The average molecular weight is 558 g/mol. The molecule has 1 aliphatic heterocycles. The van der Waals surface area contributed by atoms with E-state index in [1.54, 1.807) is 37.1 Å². The van der Waals surface area contributed by atoms with Crippen LogP contribution in [0, 0.1) is 5.92 Å². The van der Waals surface area contributed by atoms with Gasteiger partial charge in [0.25, 0.3) is 5.91 Å². The Labute approximate surface area is 234 Å². The van der Waals surface area contributed by atoms with Crippen molar-refractivity contribution in [1.29, 1.82) is 0 Å². The van der Waals surface area contributed by atoms with Crippen LogP contribution in [0.3, 0.4) is 0 Å². The second kappa shape index (κ2) is 14.7. The van der Waals surface area contributed by atoms with E-state index in [-0.39, 0.29) is 47.0 Å². The summed E-state index contributed by atoms with van der Waals surface area (Å²) in [4.78, 5) is 26.2. The number of rotatable bonds is 12. The van der Waals surface area contributed by atoms with Gasteiger partial charge in [0.2, 0.25) is 5.91 Å². The fourth-order valence-electron chi connectivity index (χ4n) is 5.01. The zero-order valence-electron chi connectivity index (χ0n) is 22.0. The van der Waals surface area contributed by atoms with E-state index in [1.165, 1.54) is 38.2 Å². The minimum atomic E-state index is -0.350. The Morgan fingerprint density at radius 2 is 1.89 bits per heavy atom. The average Bonchev–Trinajstić information content (AvgIpc) is 3.50. The zero-order valence-corrected chi connectivity index (χ0v) is 23.6. The van der Waals surface area contributed by atoms with Gasteiger partial charge in [-0.2, -0.15) is 11.8 Å². The Kier molecular flexibility index (Phi) is 11.1. The van der Waals surface area contributed by atoms with Crippen LogP contribution >= 0.6 is 23.5 Å². The summed E-state index contributed by atoms with van der Waals surface area (Å²) in [6, 6.07) is 14.1. The largest absolute Gasteiger partial charge is 0.507 e. The van der Waals surface area contributed by atoms with Gasteiger partial charge in [-0.25, -0.2) is 0 Å². The highest BCUT2D eigenvalue weighted by Gasteiger charge is 2.30. The summed E-state index contributed by atoms with van der Waals surface area (Å²) in [6.45, 7) is 0.275. The van der Waals surface area contributed by atoms with Crippen LogP contribution < -0.4 is 20.7 Å². The van der Waals surface area contributed by atoms with Gasteiger partial charge in [0.15, 0.2) is 0 Å². The lowest BCUT2D eigenvalue weighted by atomic mass is 9.91. The van der Waals surface area contributed by atoms with Crippen LogP contribution in [0.15, 0.2) is 48.5 Å². The van der Waals surface area contributed by atoms with E-state index in [4.69, 9.17) is 4.74 Å². The zero-order chi connectivity index (χ0) is 26.7. The van der Waals surface area contributed by atoms with Gasteiger partial charge in [-0.3, -0.25) is 14.9 Å². The lowest BCUT2D eigenvalue weighted by Crippen LogP contribution is -2.54. The molecule has 1 aliphatic carbocycles. The predicted molar refractivity (Wildman–Crippen MR) is 156 cm³/mol. The molecule has 2 fully saturated rings. The summed E-state index contributed by atoms with van der Waals surface area (Å²) in [5, 5.41) is 19.7. The molecule has 206 valence electrons. The summed E-state index contributed by atoms with van der Waals surface area (Å²) >= 11 is 3.62. The van der Waals surface area contributed by atoms with Gasteiger partial charge in [-0.05, 0) is 60.8 Å². The standard InChI is InChI=1S/C29H39N3O4S2/c1-36-22-13-11-20(12-14-22)15-27(38-17-21-7-3-2-4-8-21)24(32-29(35)25-18-37-19-31-25)16-30-28(34)23-9-5-6-10-26(23)33/h5-6,9-14,21,24-25,27,31,33H,2-4,7-8,15-19H2,1H3,(H,30,34)(H,32,35)/t24?,25-,27?/m0/s1. The molecule has 0 aromatic heterocycles. The second-order valence-corrected chi connectivity index (χ2v) is 12.3. The maximum absolute atomic E-state index is 13.2. The number of ether oxygens (including phenoxy) is 1. The van der Waals surface area contributed by atoms with E-state index in [9.17, 15) is 14.7 Å². The smallest absolute Gasteiger partial charge is 0.255 e. The molecule has 0 bridgehead atoms. The molecule has 1 saturated heterocycles. The van der Waals surface area contributed by atoms with Crippen molar-refractivity contribution in [2.24, 2.45) is 5.92 Å². The monoisotopic (exact) mass is 557 g/mol. The molecular weight excluding hydrogens is 518 g/mol. The number of hydrogen-bond acceptors (Lipinski definition) is 7. The number of nitrogens with one attached hydrogen (secondary N) is 3. The third-order valence-corrected chi connectivity index (χ3v) is 9.83. The van der Waals surface area contributed by atoms with E-state index in [0.29, 0.717) is 5.92 Å². The van der Waals surface area contributed by atoms with Crippen molar-refractivity contribution < 1.29 is 19.4 Å². The van der Waals surface area contributed by atoms with Crippen molar-refractivity contribution >= 4 is 35.3 Å². The molecular formula is C29H39N3O4S2. The number of para-hydroxylation sites is 1. The first-order chi connectivity index (χ1) is 18.5. The second-order valence-electron chi connectivity index (χ2n) is 10.0. The Morgan fingerprint density at radius 1 is 1.13 bits per heavy atom. The minimum absolute atomic E-state index is 0.0326. The SMILES string of the molecule is COc1ccc(CC(SCC2CCCCC2)C(CNC(=O)c2ccccc2O)NC(=O)[C@@H]2CSCN2)cc1. The molecule has 2 amide bonds. The number of phenolic OH excluding ortho intramolecular Hbond substituents is 1. The highest BCUT2D eigenvalue weighted by Crippen LogP contribution is 2.31. The number of carbonyl (C=O) groups is 2. The van der Waals surface area contributed by atoms with Crippen molar-refractivity contribution in [2.75, 3.05) is 31.0 Å². The van der Waals surface area contributed by atoms with E-state index in [0.717, 1.165) is 35.1 Å². The van der Waals surface area contributed by atoms with Crippen molar-refractivity contribution in [3.05, 3.63) is 59.7 Å². The van der Waals surface area contributed by atoms with Crippen LogP contribution in [0.5, 0.6) is 11.5 Å². The van der Waals surface area contributed by atoms with Crippen LogP contribution in [0.25, 0.3) is 0 Å². The van der Waals surface area contributed by atoms with Gasteiger partial charge in [0, 0.05) is 23.4 Å². The molecule has 3 atom stereocenters. The van der Waals surface area contributed by atoms with E-state index in [1.807, 2.05) is 23.9 Å². The predicted octanol–water partition coefficient (Wildman–Crippen LogP) is 4.20. The first-order valence-corrected chi connectivity index (χ1v) is 15.7. The van der Waals surface area contributed by atoms with Crippen LogP contribution in [0.1, 0.15) is 48.0 Å². The fraction of sp³-hybridized carbons (Fsp3) is 0.517. The topological polar surface area (TPSA) is 99.7 Å². The number of thioether (sulfide) groups is 2. The van der Waals surface area contributed by atoms with Crippen LogP contribution in [0.2, 0.25) is 0 Å². The number of amides is 2. The van der Waals surface area contributed by atoms with Gasteiger partial charge < -0.3 is 20.5 Å². The molecule has 2 aliphatic rings. The van der Waals surface area contributed by atoms with Crippen LogP contribution in [-0.4, -0.2) is 65.3 Å². The number of benzene rings is 2. The van der Waals surface area contributed by atoms with Crippen molar-refractivity contribution in [3.8, 4) is 11.5 Å². The molecule has 0 radical (unpaired) electrons. The molecule has 9 heteroatoms. The summed E-state index contributed by atoms with van der Waals surface area (Å²) in [5.41, 5.74) is 1.39. The highest BCUT2D eigenvalue weighted by atomic mass is 32.2. The molecule has 1 heterocycles. The lowest BCUT2D eigenvalue weighted by molar-refractivity contribution is -0.123. The quantitative estimate of drug-likeness (QED) is 0.310. The number of methoxy groups -OCH3 is 1. The van der Waals surface area contributed by atoms with Crippen LogP contribution in [0.4, 0.5) is 0 Å². The van der Waals surface area contributed by atoms with Gasteiger partial charge in [0.1, 0.15) is 11.5 Å². The summed E-state index contributed by atoms with van der Waals surface area (Å²) in [7, 11) is 1.66. The van der Waals surface area contributed by atoms with E-state index < -0.39 is 0 Å². The molecule has 4 rings (SSSR count). The molecule has 2 aromatic rings. The van der Waals surface area contributed by atoms with Crippen LogP contribution in [-0.2, 0) is 11.2 Å². The summed E-state index contributed by atoms with van der Waals surface area (Å²) in [5.74, 6) is 3.60. The molecule has 2 aromatic carbocycles. The Balaban J connectivity index is 1.52. The normalized spacial score (nSPS) is 19.4. The summed E-state index contributed by atoms with van der Waals surface area (Å²) in [6.07, 6.45) is 7.16. The number of hydrogen-bond donors (Lipinski definition) is 4. The molecule has 1 saturated carbocycles. The molecule has 0 spiro atoms. The molecule has 2 unspecified atom stereocenters. The third kappa shape index (κ3) is 8.32. The molecule has 7 nitrogen and oxygen atoms in total. The Morgan fingerprint density at radius 3 is 2.58 bits per heavy atom. The van der Waals surface area contributed by atoms with Gasteiger partial charge in [0.05, 0.1) is 24.8 Å². The van der Waals surface area contributed by atoms with Crippen molar-refractivity contribution in [1.82, 2.24) is 16.0 Å². The minimum Gasteiger partial charge on any atom is -0.507 e. The van der Waals surface area contributed by atoms with Gasteiger partial charge in [-0.1, -0.05) is 43.5 Å². The maximum atomic E-state index is 13.2. The van der Waals surface area contributed by atoms with Crippen molar-refractivity contribution in [3.63, 3.8) is 0 Å². The van der Waals surface area contributed by atoms with Gasteiger partial charge >= 0.3 is 0 Å². The lowest BCUT2D eigenvalue weighted by Gasteiger charge is -2.31. The van der Waals surface area contributed by atoms with Gasteiger partial charge in [-0.15, -0.1) is 11.8 Å². The Hall–Kier alpha value is -2.36. The molecule has 4 N–H and O–H groups in total. The third-order valence-electron chi connectivity index (χ3n) is 7.31. The first kappa shape index (κ1) is 28.6. The molecule has 38 heavy (non-hydrogen) atoms. The maximum Gasteiger partial charge on any atom is 0.255 e. The number of phenols is 1. The first-order valence-electron chi connectivity index (χ1n) is 13.5. The van der Waals surface area contributed by atoms with E-state index >= 15 is 0 Å². The van der Waals surface area contributed by atoms with Crippen molar-refractivity contribution in [2.45, 2.75) is 55.9 Å². The summed E-state index contributed by atoms with van der Waals surface area (Å²) < 4.78 is 5.34.